The maximum atomic E-state index is 11.9. The van der Waals surface area contributed by atoms with Crippen LogP contribution in [0.2, 0.25) is 0 Å². The van der Waals surface area contributed by atoms with Gasteiger partial charge in [0.15, 0.2) is 0 Å². The van der Waals surface area contributed by atoms with E-state index < -0.39 is 0 Å². The number of carbonyl (C=O) groups is 1. The van der Waals surface area contributed by atoms with Gasteiger partial charge < -0.3 is 10.2 Å². The average molecular weight is 328 g/mol. The molecule has 1 rings (SSSR count). The third-order valence-corrected chi connectivity index (χ3v) is 4.07. The number of carbonyl (C=O) groups excluding carboxylic acids is 1. The standard InChI is InChI=1S/C15H23BrN2O/c1-4-5-9-18(3)10-8-15(19)17-13-6-7-14(16)12(2)11-13/h6-7,11H,4-5,8-10H2,1-3H3,(H,17,19)/p+1. The van der Waals surface area contributed by atoms with Crippen molar-refractivity contribution in [1.82, 2.24) is 0 Å². The van der Waals surface area contributed by atoms with Crippen LogP contribution in [0.25, 0.3) is 0 Å². The van der Waals surface area contributed by atoms with Gasteiger partial charge in [-0.2, -0.15) is 0 Å². The third-order valence-electron chi connectivity index (χ3n) is 3.18. The lowest BCUT2D eigenvalue weighted by molar-refractivity contribution is -0.879. The second-order valence-electron chi connectivity index (χ2n) is 5.07. The van der Waals surface area contributed by atoms with Crippen molar-refractivity contribution in [3.63, 3.8) is 0 Å². The van der Waals surface area contributed by atoms with Crippen LogP contribution in [0.3, 0.4) is 0 Å². The summed E-state index contributed by atoms with van der Waals surface area (Å²) in [5.41, 5.74) is 2.00. The summed E-state index contributed by atoms with van der Waals surface area (Å²) in [5.74, 6) is 0.0950. The lowest BCUT2D eigenvalue weighted by atomic mass is 10.2. The molecule has 19 heavy (non-hydrogen) atoms. The molecule has 1 atom stereocenters. The Hall–Kier alpha value is -0.870. The molecular weight excluding hydrogens is 304 g/mol. The summed E-state index contributed by atoms with van der Waals surface area (Å²) in [6.45, 7) is 6.24. The quantitative estimate of drug-likeness (QED) is 0.792. The fourth-order valence-electron chi connectivity index (χ4n) is 1.88. The van der Waals surface area contributed by atoms with E-state index in [1.807, 2.05) is 25.1 Å². The number of amides is 1. The largest absolute Gasteiger partial charge is 0.337 e. The summed E-state index contributed by atoms with van der Waals surface area (Å²) >= 11 is 3.45. The SMILES string of the molecule is CCCC[NH+](C)CCC(=O)Nc1ccc(Br)c(C)c1. The van der Waals surface area contributed by atoms with Gasteiger partial charge in [0.25, 0.3) is 0 Å². The summed E-state index contributed by atoms with van der Waals surface area (Å²) in [6, 6.07) is 5.86. The topological polar surface area (TPSA) is 33.5 Å². The summed E-state index contributed by atoms with van der Waals surface area (Å²) in [5, 5.41) is 2.95. The summed E-state index contributed by atoms with van der Waals surface area (Å²) in [7, 11) is 2.15. The van der Waals surface area contributed by atoms with Gasteiger partial charge in [-0.15, -0.1) is 0 Å². The highest BCUT2D eigenvalue weighted by Crippen LogP contribution is 2.19. The molecule has 0 spiro atoms. The van der Waals surface area contributed by atoms with Crippen LogP contribution in [0, 0.1) is 6.92 Å². The molecule has 4 heteroatoms. The zero-order valence-corrected chi connectivity index (χ0v) is 13.6. The van der Waals surface area contributed by atoms with Crippen molar-refractivity contribution in [3.8, 4) is 0 Å². The number of unbranched alkanes of at least 4 members (excludes halogenated alkanes) is 1. The van der Waals surface area contributed by atoms with E-state index in [9.17, 15) is 4.79 Å². The Kier molecular flexibility index (Phi) is 7.10. The Labute approximate surface area is 124 Å². The molecule has 1 aromatic carbocycles. The molecule has 0 saturated heterocycles. The molecule has 0 fully saturated rings. The number of rotatable bonds is 7. The van der Waals surface area contributed by atoms with Gasteiger partial charge in [0.1, 0.15) is 0 Å². The maximum absolute atomic E-state index is 11.9. The van der Waals surface area contributed by atoms with Crippen molar-refractivity contribution in [3.05, 3.63) is 28.2 Å². The van der Waals surface area contributed by atoms with Crippen molar-refractivity contribution in [2.24, 2.45) is 0 Å². The van der Waals surface area contributed by atoms with Gasteiger partial charge in [-0.05, 0) is 37.1 Å². The van der Waals surface area contributed by atoms with Gasteiger partial charge in [0, 0.05) is 10.2 Å². The Bertz CT molecular complexity index is 421. The van der Waals surface area contributed by atoms with Crippen LogP contribution in [0.1, 0.15) is 31.7 Å². The van der Waals surface area contributed by atoms with E-state index in [1.165, 1.54) is 17.7 Å². The first-order valence-corrected chi connectivity index (χ1v) is 7.69. The monoisotopic (exact) mass is 327 g/mol. The molecule has 0 radical (unpaired) electrons. The van der Waals surface area contributed by atoms with Gasteiger partial charge in [-0.1, -0.05) is 29.3 Å². The van der Waals surface area contributed by atoms with E-state index in [4.69, 9.17) is 0 Å². The Morgan fingerprint density at radius 2 is 2.11 bits per heavy atom. The molecule has 0 aliphatic heterocycles. The highest BCUT2D eigenvalue weighted by atomic mass is 79.9. The smallest absolute Gasteiger partial charge is 0.230 e. The Morgan fingerprint density at radius 3 is 2.74 bits per heavy atom. The maximum Gasteiger partial charge on any atom is 0.230 e. The minimum atomic E-state index is 0.0950. The number of hydrogen-bond acceptors (Lipinski definition) is 1. The highest BCUT2D eigenvalue weighted by molar-refractivity contribution is 9.10. The first-order chi connectivity index (χ1) is 9.02. The van der Waals surface area contributed by atoms with Crippen LogP contribution >= 0.6 is 15.9 Å². The van der Waals surface area contributed by atoms with Gasteiger partial charge in [0.05, 0.1) is 26.6 Å². The fraction of sp³-hybridized carbons (Fsp3) is 0.533. The van der Waals surface area contributed by atoms with E-state index in [2.05, 4.69) is 35.2 Å². The van der Waals surface area contributed by atoms with Crippen molar-refractivity contribution in [2.45, 2.75) is 33.1 Å². The van der Waals surface area contributed by atoms with E-state index in [1.54, 1.807) is 0 Å². The first-order valence-electron chi connectivity index (χ1n) is 6.90. The molecule has 106 valence electrons. The Morgan fingerprint density at radius 1 is 1.37 bits per heavy atom. The lowest BCUT2D eigenvalue weighted by Gasteiger charge is -2.13. The van der Waals surface area contributed by atoms with Gasteiger partial charge in [0.2, 0.25) is 5.91 Å². The molecule has 0 saturated carbocycles. The molecular formula is C15H24BrN2O+. The molecule has 0 bridgehead atoms. The third kappa shape index (κ3) is 6.21. The molecule has 1 unspecified atom stereocenters. The van der Waals surface area contributed by atoms with Crippen LogP contribution < -0.4 is 10.2 Å². The molecule has 0 heterocycles. The number of nitrogens with one attached hydrogen (secondary N) is 2. The second-order valence-corrected chi connectivity index (χ2v) is 5.93. The van der Waals surface area contributed by atoms with Crippen LogP contribution in [-0.2, 0) is 4.79 Å². The van der Waals surface area contributed by atoms with Crippen LogP contribution in [-0.4, -0.2) is 26.0 Å². The van der Waals surface area contributed by atoms with Gasteiger partial charge >= 0.3 is 0 Å². The number of anilines is 1. The van der Waals surface area contributed by atoms with E-state index in [-0.39, 0.29) is 5.91 Å². The summed E-state index contributed by atoms with van der Waals surface area (Å²) < 4.78 is 1.06. The molecule has 1 amide bonds. The van der Waals surface area contributed by atoms with Crippen molar-refractivity contribution >= 4 is 27.5 Å². The minimum Gasteiger partial charge on any atom is -0.337 e. The molecule has 0 aliphatic carbocycles. The number of benzene rings is 1. The molecule has 3 nitrogen and oxygen atoms in total. The first kappa shape index (κ1) is 16.2. The predicted molar refractivity (Wildman–Crippen MR) is 83.7 cm³/mol. The molecule has 2 N–H and O–H groups in total. The molecule has 1 aromatic rings. The predicted octanol–water partition coefficient (Wildman–Crippen LogP) is 2.40. The normalized spacial score (nSPS) is 12.2. The Balaban J connectivity index is 2.36. The minimum absolute atomic E-state index is 0.0950. The lowest BCUT2D eigenvalue weighted by Crippen LogP contribution is -3.09. The highest BCUT2D eigenvalue weighted by Gasteiger charge is 2.07. The zero-order chi connectivity index (χ0) is 14.3. The van der Waals surface area contributed by atoms with E-state index in [0.717, 1.165) is 28.8 Å². The van der Waals surface area contributed by atoms with E-state index in [0.29, 0.717) is 6.42 Å². The van der Waals surface area contributed by atoms with Gasteiger partial charge in [-0.25, -0.2) is 0 Å². The van der Waals surface area contributed by atoms with Crippen molar-refractivity contribution < 1.29 is 9.69 Å². The van der Waals surface area contributed by atoms with Gasteiger partial charge in [-0.3, -0.25) is 4.79 Å². The number of aryl methyl sites for hydroxylation is 1. The summed E-state index contributed by atoms with van der Waals surface area (Å²) in [4.78, 5) is 13.3. The second kappa shape index (κ2) is 8.33. The molecule has 0 aromatic heterocycles. The van der Waals surface area contributed by atoms with Crippen LogP contribution in [0.5, 0.6) is 0 Å². The van der Waals surface area contributed by atoms with Crippen molar-refractivity contribution in [2.75, 3.05) is 25.5 Å². The summed E-state index contributed by atoms with van der Waals surface area (Å²) in [6.07, 6.45) is 3.01. The number of halogens is 1. The molecule has 0 aliphatic rings. The van der Waals surface area contributed by atoms with Crippen LogP contribution in [0.15, 0.2) is 22.7 Å². The average Bonchev–Trinajstić information content (AvgIpc) is 2.38. The van der Waals surface area contributed by atoms with Crippen LogP contribution in [0.4, 0.5) is 5.69 Å². The fourth-order valence-corrected chi connectivity index (χ4v) is 2.12. The zero-order valence-electron chi connectivity index (χ0n) is 12.1. The van der Waals surface area contributed by atoms with Crippen molar-refractivity contribution in [1.29, 1.82) is 0 Å². The number of quaternary nitrogens is 1. The number of hydrogen-bond donors (Lipinski definition) is 2. The van der Waals surface area contributed by atoms with E-state index >= 15 is 0 Å².